The van der Waals surface area contributed by atoms with Crippen LogP contribution in [0.5, 0.6) is 5.75 Å². The van der Waals surface area contributed by atoms with Gasteiger partial charge >= 0.3 is 0 Å². The van der Waals surface area contributed by atoms with E-state index in [0.29, 0.717) is 17.9 Å². The predicted octanol–water partition coefficient (Wildman–Crippen LogP) is 4.62. The van der Waals surface area contributed by atoms with Crippen LogP contribution in [0.15, 0.2) is 72.8 Å². The van der Waals surface area contributed by atoms with Crippen molar-refractivity contribution in [3.8, 4) is 5.75 Å². The van der Waals surface area contributed by atoms with E-state index >= 15 is 0 Å². The second-order valence-corrected chi connectivity index (χ2v) is 6.90. The quantitative estimate of drug-likeness (QED) is 0.496. The number of ether oxygens (including phenoxy) is 1. The Morgan fingerprint density at radius 1 is 0.933 bits per heavy atom. The molecule has 4 aromatic rings. The van der Waals surface area contributed by atoms with Crippen LogP contribution in [-0.4, -0.2) is 23.0 Å². The van der Waals surface area contributed by atoms with Gasteiger partial charge in [-0.3, -0.25) is 4.79 Å². The maximum atomic E-state index is 12.8. The number of hydrogen-bond donors (Lipinski definition) is 2. The van der Waals surface area contributed by atoms with Crippen LogP contribution in [0.25, 0.3) is 10.9 Å². The first kappa shape index (κ1) is 19.4. The van der Waals surface area contributed by atoms with E-state index in [2.05, 4.69) is 20.6 Å². The van der Waals surface area contributed by atoms with Gasteiger partial charge in [0.05, 0.1) is 12.6 Å². The molecule has 2 N–H and O–H groups in total. The van der Waals surface area contributed by atoms with Crippen LogP contribution < -0.4 is 15.4 Å². The number of aromatic nitrogens is 2. The molecule has 1 heterocycles. The minimum absolute atomic E-state index is 0.109. The molecule has 0 aliphatic carbocycles. The van der Waals surface area contributed by atoms with E-state index in [1.807, 2.05) is 79.7 Å². The Labute approximate surface area is 175 Å². The number of anilines is 2. The van der Waals surface area contributed by atoms with Crippen molar-refractivity contribution in [3.63, 3.8) is 0 Å². The Bertz CT molecular complexity index is 1190. The second kappa shape index (κ2) is 8.61. The highest BCUT2D eigenvalue weighted by atomic mass is 16.5. The summed E-state index contributed by atoms with van der Waals surface area (Å²) in [6.07, 6.45) is 0. The van der Waals surface area contributed by atoms with Crippen LogP contribution in [0.4, 0.5) is 11.5 Å². The van der Waals surface area contributed by atoms with Gasteiger partial charge < -0.3 is 15.4 Å². The molecule has 1 amide bonds. The fourth-order valence-electron chi connectivity index (χ4n) is 3.15. The van der Waals surface area contributed by atoms with Gasteiger partial charge in [0.25, 0.3) is 5.91 Å². The maximum absolute atomic E-state index is 12.8. The number of carbonyl (C=O) groups excluding carboxylic acids is 1. The molecule has 6 nitrogen and oxygen atoms in total. The van der Waals surface area contributed by atoms with E-state index < -0.39 is 0 Å². The average Bonchev–Trinajstić information content (AvgIpc) is 2.79. The zero-order valence-electron chi connectivity index (χ0n) is 16.8. The van der Waals surface area contributed by atoms with Gasteiger partial charge in [0.1, 0.15) is 11.6 Å². The van der Waals surface area contributed by atoms with E-state index in [-0.39, 0.29) is 11.7 Å². The third-order valence-corrected chi connectivity index (χ3v) is 4.75. The van der Waals surface area contributed by atoms with E-state index in [1.54, 1.807) is 7.11 Å². The smallest absolute Gasteiger partial charge is 0.289 e. The Morgan fingerprint density at radius 3 is 2.47 bits per heavy atom. The molecule has 0 unspecified atom stereocenters. The zero-order valence-corrected chi connectivity index (χ0v) is 16.8. The summed E-state index contributed by atoms with van der Waals surface area (Å²) in [7, 11) is 1.61. The number of amides is 1. The summed E-state index contributed by atoms with van der Waals surface area (Å²) in [6.45, 7) is 2.35. The Kier molecular flexibility index (Phi) is 5.57. The molecule has 0 spiro atoms. The number of nitrogens with zero attached hydrogens (tertiary/aromatic N) is 2. The van der Waals surface area contributed by atoms with E-state index in [4.69, 9.17) is 4.74 Å². The van der Waals surface area contributed by atoms with Crippen molar-refractivity contribution in [2.45, 2.75) is 13.5 Å². The lowest BCUT2D eigenvalue weighted by Crippen LogP contribution is -2.25. The number of aryl methyl sites for hydroxylation is 1. The molecular weight excluding hydrogens is 376 g/mol. The Morgan fingerprint density at radius 2 is 1.67 bits per heavy atom. The van der Waals surface area contributed by atoms with Gasteiger partial charge in [-0.25, -0.2) is 9.97 Å². The number of hydrogen-bond acceptors (Lipinski definition) is 5. The molecule has 150 valence electrons. The van der Waals surface area contributed by atoms with Crippen molar-refractivity contribution in [2.75, 3.05) is 12.4 Å². The lowest BCUT2D eigenvalue weighted by Gasteiger charge is -2.12. The lowest BCUT2D eigenvalue weighted by atomic mass is 10.2. The van der Waals surface area contributed by atoms with E-state index in [1.165, 1.54) is 5.56 Å². The second-order valence-electron chi connectivity index (χ2n) is 6.90. The molecule has 4 rings (SSSR count). The molecule has 30 heavy (non-hydrogen) atoms. The number of para-hydroxylation sites is 2. The molecule has 0 aliphatic heterocycles. The standard InChI is InChI=1S/C24H22N4O2/c1-16-11-13-18(14-12-16)26-22-19-8-4-5-9-20(19)27-23(28-22)24(29)25-15-17-7-3-6-10-21(17)30-2/h3-14H,15H2,1-2H3,(H,25,29)(H,26,27,28). The van der Waals surface area contributed by atoms with Gasteiger partial charge in [-0.05, 0) is 37.3 Å². The van der Waals surface area contributed by atoms with Gasteiger partial charge in [-0.1, -0.05) is 48.0 Å². The molecule has 0 atom stereocenters. The third-order valence-electron chi connectivity index (χ3n) is 4.75. The van der Waals surface area contributed by atoms with Gasteiger partial charge in [-0.2, -0.15) is 0 Å². The first-order valence-corrected chi connectivity index (χ1v) is 9.64. The van der Waals surface area contributed by atoms with E-state index in [9.17, 15) is 4.79 Å². The molecule has 6 heteroatoms. The van der Waals surface area contributed by atoms with Gasteiger partial charge in [-0.15, -0.1) is 0 Å². The molecule has 0 bridgehead atoms. The molecule has 0 aliphatic rings. The van der Waals surface area contributed by atoms with Crippen LogP contribution in [0.2, 0.25) is 0 Å². The fraction of sp³-hybridized carbons (Fsp3) is 0.125. The van der Waals surface area contributed by atoms with Crippen molar-refractivity contribution in [3.05, 3.63) is 89.7 Å². The van der Waals surface area contributed by atoms with Crippen LogP contribution in [0, 0.1) is 6.92 Å². The number of methoxy groups -OCH3 is 1. The molecular formula is C24H22N4O2. The summed E-state index contributed by atoms with van der Waals surface area (Å²) in [6, 6.07) is 23.2. The topological polar surface area (TPSA) is 76.1 Å². The predicted molar refractivity (Wildman–Crippen MR) is 118 cm³/mol. The number of fused-ring (bicyclic) bond motifs is 1. The average molecular weight is 398 g/mol. The van der Waals surface area contributed by atoms with Crippen molar-refractivity contribution in [1.82, 2.24) is 15.3 Å². The summed E-state index contributed by atoms with van der Waals surface area (Å²) in [4.78, 5) is 21.8. The van der Waals surface area contributed by atoms with Crippen molar-refractivity contribution in [2.24, 2.45) is 0 Å². The van der Waals surface area contributed by atoms with Crippen LogP contribution in [0.3, 0.4) is 0 Å². The third kappa shape index (κ3) is 4.22. The normalized spacial score (nSPS) is 10.6. The highest BCUT2D eigenvalue weighted by Crippen LogP contribution is 2.24. The van der Waals surface area contributed by atoms with Crippen molar-refractivity contribution < 1.29 is 9.53 Å². The van der Waals surface area contributed by atoms with Gasteiger partial charge in [0, 0.05) is 23.2 Å². The number of carbonyl (C=O) groups is 1. The summed E-state index contributed by atoms with van der Waals surface area (Å²) in [5.74, 6) is 1.07. The monoisotopic (exact) mass is 398 g/mol. The van der Waals surface area contributed by atoms with E-state index in [0.717, 1.165) is 22.4 Å². The first-order chi connectivity index (χ1) is 14.6. The van der Waals surface area contributed by atoms with Crippen LogP contribution in [0.1, 0.15) is 21.7 Å². The van der Waals surface area contributed by atoms with Crippen LogP contribution in [-0.2, 0) is 6.54 Å². The Hall–Kier alpha value is -3.93. The maximum Gasteiger partial charge on any atom is 0.289 e. The van der Waals surface area contributed by atoms with Gasteiger partial charge in [0.15, 0.2) is 0 Å². The molecule has 0 fully saturated rings. The highest BCUT2D eigenvalue weighted by molar-refractivity contribution is 5.97. The summed E-state index contributed by atoms with van der Waals surface area (Å²) in [5, 5.41) is 7.04. The van der Waals surface area contributed by atoms with Gasteiger partial charge in [0.2, 0.25) is 5.82 Å². The summed E-state index contributed by atoms with van der Waals surface area (Å²) >= 11 is 0. The number of nitrogens with one attached hydrogen (secondary N) is 2. The largest absolute Gasteiger partial charge is 0.496 e. The minimum atomic E-state index is -0.349. The fourth-order valence-corrected chi connectivity index (χ4v) is 3.15. The SMILES string of the molecule is COc1ccccc1CNC(=O)c1nc(Nc2ccc(C)cc2)c2ccccc2n1. The summed E-state index contributed by atoms with van der Waals surface area (Å²) in [5.41, 5.74) is 3.64. The zero-order chi connectivity index (χ0) is 20.9. The Balaban J connectivity index is 1.62. The lowest BCUT2D eigenvalue weighted by molar-refractivity contribution is 0.0940. The van der Waals surface area contributed by atoms with Crippen LogP contribution >= 0.6 is 0 Å². The minimum Gasteiger partial charge on any atom is -0.496 e. The molecule has 0 radical (unpaired) electrons. The highest BCUT2D eigenvalue weighted by Gasteiger charge is 2.15. The number of benzene rings is 3. The molecule has 0 saturated heterocycles. The molecule has 3 aromatic carbocycles. The molecule has 0 saturated carbocycles. The summed E-state index contributed by atoms with van der Waals surface area (Å²) < 4.78 is 5.34. The number of rotatable bonds is 6. The van der Waals surface area contributed by atoms with Crippen molar-refractivity contribution in [1.29, 1.82) is 0 Å². The first-order valence-electron chi connectivity index (χ1n) is 9.64. The molecule has 1 aromatic heterocycles. The van der Waals surface area contributed by atoms with Crippen molar-refractivity contribution >= 4 is 28.3 Å².